The Balaban J connectivity index is 1.80. The quantitative estimate of drug-likeness (QED) is 0.752. The van der Waals surface area contributed by atoms with E-state index in [4.69, 9.17) is 4.74 Å². The van der Waals surface area contributed by atoms with Gasteiger partial charge in [-0.1, -0.05) is 20.8 Å². The van der Waals surface area contributed by atoms with Gasteiger partial charge in [-0.15, -0.1) is 0 Å². The highest BCUT2D eigenvalue weighted by molar-refractivity contribution is 5.76. The van der Waals surface area contributed by atoms with Crippen LogP contribution in [-0.4, -0.2) is 24.7 Å². The lowest BCUT2D eigenvalue weighted by Crippen LogP contribution is -2.39. The molecule has 1 heterocycles. The molecule has 98 valence electrons. The van der Waals surface area contributed by atoms with Crippen molar-refractivity contribution in [1.82, 2.24) is 5.32 Å². The maximum absolute atomic E-state index is 12.0. The molecule has 0 spiro atoms. The van der Waals surface area contributed by atoms with Crippen molar-refractivity contribution >= 4 is 5.97 Å². The molecule has 0 aromatic carbocycles. The molecule has 1 aliphatic heterocycles. The summed E-state index contributed by atoms with van der Waals surface area (Å²) in [7, 11) is 0. The highest BCUT2D eigenvalue weighted by Gasteiger charge is 2.34. The van der Waals surface area contributed by atoms with E-state index in [9.17, 15) is 4.79 Å². The number of ether oxygens (including phenoxy) is 1. The predicted octanol–water partition coefficient (Wildman–Crippen LogP) is 2.50. The fourth-order valence-corrected chi connectivity index (χ4v) is 2.88. The van der Waals surface area contributed by atoms with Crippen molar-refractivity contribution in [1.29, 1.82) is 0 Å². The minimum Gasteiger partial charge on any atom is -0.461 e. The Kier molecular flexibility index (Phi) is 3.76. The van der Waals surface area contributed by atoms with Gasteiger partial charge in [-0.2, -0.15) is 0 Å². The van der Waals surface area contributed by atoms with Crippen LogP contribution >= 0.6 is 0 Å². The summed E-state index contributed by atoms with van der Waals surface area (Å²) in [4.78, 5) is 12.0. The number of esters is 1. The molecule has 2 unspecified atom stereocenters. The second-order valence-electron chi connectivity index (χ2n) is 6.50. The minimum atomic E-state index is -0.0649. The Hall–Kier alpha value is -0.570. The summed E-state index contributed by atoms with van der Waals surface area (Å²) in [6.45, 7) is 7.66. The van der Waals surface area contributed by atoms with E-state index in [-0.39, 0.29) is 18.1 Å². The molecule has 1 N–H and O–H groups in total. The highest BCUT2D eigenvalue weighted by Crippen LogP contribution is 2.36. The standard InChI is InChI=1S/C14H25NO2/c1-10-6-9-15-12(10)13(16)17-11-4-7-14(2,3)8-5-11/h10-12,15H,4-9H2,1-3H3. The molecule has 0 amide bonds. The van der Waals surface area contributed by atoms with Crippen LogP contribution < -0.4 is 5.32 Å². The summed E-state index contributed by atoms with van der Waals surface area (Å²) in [5.74, 6) is 0.391. The smallest absolute Gasteiger partial charge is 0.323 e. The zero-order valence-electron chi connectivity index (χ0n) is 11.3. The van der Waals surface area contributed by atoms with Gasteiger partial charge >= 0.3 is 5.97 Å². The molecule has 2 fully saturated rings. The summed E-state index contributed by atoms with van der Waals surface area (Å²) in [5.41, 5.74) is 0.432. The van der Waals surface area contributed by atoms with Gasteiger partial charge < -0.3 is 10.1 Å². The lowest BCUT2D eigenvalue weighted by molar-refractivity contribution is -0.154. The maximum Gasteiger partial charge on any atom is 0.323 e. The van der Waals surface area contributed by atoms with Gasteiger partial charge in [0.2, 0.25) is 0 Å². The number of nitrogens with one attached hydrogen (secondary N) is 1. The minimum absolute atomic E-state index is 0.0280. The molecule has 0 aromatic rings. The summed E-state index contributed by atoms with van der Waals surface area (Å²) in [6.07, 6.45) is 5.62. The van der Waals surface area contributed by atoms with E-state index in [2.05, 4.69) is 26.1 Å². The van der Waals surface area contributed by atoms with Crippen LogP contribution in [0.4, 0.5) is 0 Å². The van der Waals surface area contributed by atoms with Crippen LogP contribution in [0.15, 0.2) is 0 Å². The largest absolute Gasteiger partial charge is 0.461 e. The van der Waals surface area contributed by atoms with Crippen molar-refractivity contribution < 1.29 is 9.53 Å². The first-order valence-electron chi connectivity index (χ1n) is 6.92. The summed E-state index contributed by atoms with van der Waals surface area (Å²) in [5, 5.41) is 3.24. The predicted molar refractivity (Wildman–Crippen MR) is 67.7 cm³/mol. The third kappa shape index (κ3) is 3.21. The van der Waals surface area contributed by atoms with Crippen LogP contribution in [0, 0.1) is 11.3 Å². The number of hydrogen-bond acceptors (Lipinski definition) is 3. The van der Waals surface area contributed by atoms with Gasteiger partial charge in [0, 0.05) is 0 Å². The molecule has 3 nitrogen and oxygen atoms in total. The average molecular weight is 239 g/mol. The molecule has 2 rings (SSSR count). The SMILES string of the molecule is CC1CCNC1C(=O)OC1CCC(C)(C)CC1. The number of hydrogen-bond donors (Lipinski definition) is 1. The van der Waals surface area contributed by atoms with Gasteiger partial charge in [-0.05, 0) is 50.0 Å². The zero-order chi connectivity index (χ0) is 12.5. The fourth-order valence-electron chi connectivity index (χ4n) is 2.88. The van der Waals surface area contributed by atoms with Gasteiger partial charge in [-0.3, -0.25) is 4.79 Å². The molecule has 1 aliphatic carbocycles. The summed E-state index contributed by atoms with van der Waals surface area (Å²) in [6, 6.07) is -0.0649. The van der Waals surface area contributed by atoms with E-state index in [0.29, 0.717) is 11.3 Å². The molecular formula is C14H25NO2. The monoisotopic (exact) mass is 239 g/mol. The van der Waals surface area contributed by atoms with Crippen LogP contribution in [0.1, 0.15) is 52.9 Å². The van der Waals surface area contributed by atoms with E-state index in [1.807, 2.05) is 0 Å². The third-order valence-corrected chi connectivity index (χ3v) is 4.36. The number of carbonyl (C=O) groups is 1. The first-order valence-corrected chi connectivity index (χ1v) is 6.92. The van der Waals surface area contributed by atoms with Crippen LogP contribution in [0.25, 0.3) is 0 Å². The molecule has 2 aliphatic rings. The van der Waals surface area contributed by atoms with Crippen molar-refractivity contribution in [2.24, 2.45) is 11.3 Å². The summed E-state index contributed by atoms with van der Waals surface area (Å²) < 4.78 is 5.64. The van der Waals surface area contributed by atoms with Gasteiger partial charge in [0.05, 0.1) is 0 Å². The molecule has 0 bridgehead atoms. The van der Waals surface area contributed by atoms with E-state index in [1.165, 1.54) is 12.8 Å². The third-order valence-electron chi connectivity index (χ3n) is 4.36. The Labute approximate surface area is 104 Å². The van der Waals surface area contributed by atoms with Gasteiger partial charge in [0.25, 0.3) is 0 Å². The van der Waals surface area contributed by atoms with Crippen molar-refractivity contribution in [3.63, 3.8) is 0 Å². The van der Waals surface area contributed by atoms with E-state index < -0.39 is 0 Å². The van der Waals surface area contributed by atoms with Crippen molar-refractivity contribution in [3.05, 3.63) is 0 Å². The van der Waals surface area contributed by atoms with Gasteiger partial charge in [0.1, 0.15) is 12.1 Å². The first kappa shape index (κ1) is 12.9. The van der Waals surface area contributed by atoms with E-state index >= 15 is 0 Å². The normalized spacial score (nSPS) is 33.6. The molecule has 0 aromatic heterocycles. The van der Waals surface area contributed by atoms with Crippen molar-refractivity contribution in [2.45, 2.75) is 65.0 Å². The fraction of sp³-hybridized carbons (Fsp3) is 0.929. The molecule has 1 saturated carbocycles. The molecular weight excluding hydrogens is 214 g/mol. The van der Waals surface area contributed by atoms with Gasteiger partial charge in [0.15, 0.2) is 0 Å². The number of carbonyl (C=O) groups excluding carboxylic acids is 1. The number of rotatable bonds is 2. The van der Waals surface area contributed by atoms with Crippen LogP contribution in [0.3, 0.4) is 0 Å². The lowest BCUT2D eigenvalue weighted by Gasteiger charge is -2.34. The van der Waals surface area contributed by atoms with Gasteiger partial charge in [-0.25, -0.2) is 0 Å². The van der Waals surface area contributed by atoms with Crippen molar-refractivity contribution in [2.75, 3.05) is 6.54 Å². The topological polar surface area (TPSA) is 38.3 Å². The van der Waals surface area contributed by atoms with Crippen LogP contribution in [0.5, 0.6) is 0 Å². The molecule has 17 heavy (non-hydrogen) atoms. The highest BCUT2D eigenvalue weighted by atomic mass is 16.5. The molecule has 3 heteroatoms. The zero-order valence-corrected chi connectivity index (χ0v) is 11.3. The Morgan fingerprint density at radius 1 is 1.24 bits per heavy atom. The molecule has 2 atom stereocenters. The second kappa shape index (κ2) is 4.97. The van der Waals surface area contributed by atoms with Crippen LogP contribution in [-0.2, 0) is 9.53 Å². The average Bonchev–Trinajstić information content (AvgIpc) is 2.68. The van der Waals surface area contributed by atoms with Crippen LogP contribution in [0.2, 0.25) is 0 Å². The summed E-state index contributed by atoms with van der Waals surface area (Å²) >= 11 is 0. The lowest BCUT2D eigenvalue weighted by atomic mass is 9.76. The first-order chi connectivity index (χ1) is 7.98. The van der Waals surface area contributed by atoms with E-state index in [1.54, 1.807) is 0 Å². The Morgan fingerprint density at radius 3 is 2.41 bits per heavy atom. The molecule has 0 radical (unpaired) electrons. The Morgan fingerprint density at radius 2 is 1.88 bits per heavy atom. The maximum atomic E-state index is 12.0. The van der Waals surface area contributed by atoms with E-state index in [0.717, 1.165) is 25.8 Å². The Bertz CT molecular complexity index is 278. The van der Waals surface area contributed by atoms with Crippen molar-refractivity contribution in [3.8, 4) is 0 Å². The molecule has 1 saturated heterocycles. The second-order valence-corrected chi connectivity index (χ2v) is 6.50.